The molecule has 3 rings (SSSR count). The smallest absolute Gasteiger partial charge is 0.308 e. The third-order valence-electron chi connectivity index (χ3n) is 3.82. The van der Waals surface area contributed by atoms with Crippen molar-refractivity contribution in [2.24, 2.45) is 7.05 Å². The average molecular weight is 410 g/mol. The molecule has 1 heterocycles. The number of urea groups is 1. The molecule has 0 radical (unpaired) electrons. The number of benzene rings is 2. The van der Waals surface area contributed by atoms with Gasteiger partial charge in [-0.05, 0) is 42.8 Å². The van der Waals surface area contributed by atoms with Gasteiger partial charge in [0.05, 0.1) is 27.6 Å². The van der Waals surface area contributed by atoms with Crippen molar-refractivity contribution < 1.29 is 4.79 Å². The van der Waals surface area contributed by atoms with Crippen molar-refractivity contribution in [1.82, 2.24) is 9.78 Å². The Bertz CT molecular complexity index is 965. The van der Waals surface area contributed by atoms with Crippen LogP contribution in [0.4, 0.5) is 16.2 Å². The average Bonchev–Trinajstić information content (AvgIpc) is 2.91. The Hall–Kier alpha value is -2.21. The van der Waals surface area contributed by atoms with E-state index in [0.29, 0.717) is 26.4 Å². The second-order valence-corrected chi connectivity index (χ2v) is 6.95. The Morgan fingerprint density at radius 3 is 2.46 bits per heavy atom. The van der Waals surface area contributed by atoms with E-state index in [1.165, 1.54) is 0 Å². The molecule has 0 saturated carbocycles. The summed E-state index contributed by atoms with van der Waals surface area (Å²) < 4.78 is 1.70. The highest BCUT2D eigenvalue weighted by Crippen LogP contribution is 2.32. The fourth-order valence-electron chi connectivity index (χ4n) is 2.54. The third kappa shape index (κ3) is 3.96. The Balaban J connectivity index is 1.82. The van der Waals surface area contributed by atoms with Crippen LogP contribution in [0.1, 0.15) is 5.56 Å². The lowest BCUT2D eigenvalue weighted by molar-refractivity contribution is 0.262. The Labute approximate surface area is 165 Å². The topological polar surface area (TPSA) is 59.0 Å². The van der Waals surface area contributed by atoms with Gasteiger partial charge in [-0.1, -0.05) is 40.9 Å². The number of rotatable bonds is 3. The molecule has 134 valence electrons. The van der Waals surface area contributed by atoms with Crippen LogP contribution in [0.25, 0.3) is 11.3 Å². The molecule has 5 nitrogen and oxygen atoms in total. The van der Waals surface area contributed by atoms with Crippen molar-refractivity contribution in [3.63, 3.8) is 0 Å². The minimum absolute atomic E-state index is 0.360. The highest BCUT2D eigenvalue weighted by atomic mass is 35.5. The van der Waals surface area contributed by atoms with E-state index in [1.54, 1.807) is 29.1 Å². The van der Waals surface area contributed by atoms with Crippen LogP contribution in [0.2, 0.25) is 15.1 Å². The van der Waals surface area contributed by atoms with E-state index in [9.17, 15) is 4.79 Å². The zero-order chi connectivity index (χ0) is 18.8. The first-order valence-corrected chi connectivity index (χ1v) is 8.80. The van der Waals surface area contributed by atoms with Crippen LogP contribution in [-0.4, -0.2) is 15.8 Å². The van der Waals surface area contributed by atoms with Gasteiger partial charge in [0.2, 0.25) is 0 Å². The molecule has 0 spiro atoms. The van der Waals surface area contributed by atoms with E-state index >= 15 is 0 Å². The summed E-state index contributed by atoms with van der Waals surface area (Å²) in [6, 6.07) is 10.0. The molecule has 0 aliphatic carbocycles. The summed E-state index contributed by atoms with van der Waals surface area (Å²) in [5.41, 5.74) is 3.77. The number of halogens is 3. The minimum Gasteiger partial charge on any atom is -0.308 e. The summed E-state index contributed by atoms with van der Waals surface area (Å²) in [7, 11) is 1.82. The van der Waals surface area contributed by atoms with E-state index in [1.807, 2.05) is 32.2 Å². The number of hydrogen-bond acceptors (Lipinski definition) is 2. The molecule has 0 aliphatic rings. The SMILES string of the molecule is Cc1ccc(NC(=O)Nc2ccc(Cl)cc2Cl)cc1-c1c(Cl)cnn1C. The van der Waals surface area contributed by atoms with Crippen molar-refractivity contribution in [3.05, 3.63) is 63.2 Å². The van der Waals surface area contributed by atoms with Crippen LogP contribution in [0, 0.1) is 6.92 Å². The van der Waals surface area contributed by atoms with Gasteiger partial charge in [0.25, 0.3) is 0 Å². The highest BCUT2D eigenvalue weighted by molar-refractivity contribution is 6.36. The lowest BCUT2D eigenvalue weighted by Crippen LogP contribution is -2.19. The van der Waals surface area contributed by atoms with Crippen molar-refractivity contribution in [2.75, 3.05) is 10.6 Å². The predicted molar refractivity (Wildman–Crippen MR) is 107 cm³/mol. The molecule has 0 atom stereocenters. The normalized spacial score (nSPS) is 10.7. The molecule has 2 N–H and O–H groups in total. The Morgan fingerprint density at radius 2 is 1.81 bits per heavy atom. The first-order valence-electron chi connectivity index (χ1n) is 7.66. The number of hydrogen-bond donors (Lipinski definition) is 2. The van der Waals surface area contributed by atoms with E-state index in [-0.39, 0.29) is 0 Å². The number of nitrogens with one attached hydrogen (secondary N) is 2. The molecule has 0 saturated heterocycles. The predicted octanol–water partition coefficient (Wildman–Crippen LogP) is 6.00. The number of carbonyl (C=O) groups excluding carboxylic acids is 1. The van der Waals surface area contributed by atoms with Gasteiger partial charge >= 0.3 is 6.03 Å². The molecule has 8 heteroatoms. The number of anilines is 2. The van der Waals surface area contributed by atoms with Crippen LogP contribution < -0.4 is 10.6 Å². The maximum absolute atomic E-state index is 12.3. The van der Waals surface area contributed by atoms with E-state index in [0.717, 1.165) is 16.8 Å². The Kier molecular flexibility index (Phi) is 5.41. The first kappa shape index (κ1) is 18.6. The maximum atomic E-state index is 12.3. The second kappa shape index (κ2) is 7.58. The van der Waals surface area contributed by atoms with Crippen LogP contribution in [0.3, 0.4) is 0 Å². The molecular formula is C18H15Cl3N4O. The molecule has 2 amide bonds. The molecule has 0 bridgehead atoms. The summed E-state index contributed by atoms with van der Waals surface area (Å²) in [4.78, 5) is 12.3. The fraction of sp³-hybridized carbons (Fsp3) is 0.111. The number of amides is 2. The van der Waals surface area contributed by atoms with Gasteiger partial charge in [-0.3, -0.25) is 4.68 Å². The zero-order valence-corrected chi connectivity index (χ0v) is 16.2. The van der Waals surface area contributed by atoms with Crippen LogP contribution in [-0.2, 0) is 7.05 Å². The zero-order valence-electron chi connectivity index (χ0n) is 14.0. The number of nitrogens with zero attached hydrogens (tertiary/aromatic N) is 2. The van der Waals surface area contributed by atoms with Gasteiger partial charge in [0.1, 0.15) is 0 Å². The lowest BCUT2D eigenvalue weighted by atomic mass is 10.0. The van der Waals surface area contributed by atoms with Gasteiger partial charge < -0.3 is 10.6 Å². The van der Waals surface area contributed by atoms with Gasteiger partial charge in [-0.2, -0.15) is 5.10 Å². The monoisotopic (exact) mass is 408 g/mol. The van der Waals surface area contributed by atoms with Crippen LogP contribution in [0.15, 0.2) is 42.6 Å². The summed E-state index contributed by atoms with van der Waals surface area (Å²) in [6.45, 7) is 1.97. The maximum Gasteiger partial charge on any atom is 0.323 e. The van der Waals surface area contributed by atoms with Crippen molar-refractivity contribution in [1.29, 1.82) is 0 Å². The van der Waals surface area contributed by atoms with Crippen LogP contribution in [0.5, 0.6) is 0 Å². The molecular weight excluding hydrogens is 395 g/mol. The highest BCUT2D eigenvalue weighted by Gasteiger charge is 2.13. The molecule has 0 aliphatic heterocycles. The van der Waals surface area contributed by atoms with Crippen molar-refractivity contribution in [3.8, 4) is 11.3 Å². The molecule has 26 heavy (non-hydrogen) atoms. The summed E-state index contributed by atoms with van der Waals surface area (Å²) in [5, 5.41) is 11.0. The van der Waals surface area contributed by atoms with Crippen molar-refractivity contribution >= 4 is 52.2 Å². The number of aryl methyl sites for hydroxylation is 2. The molecule has 0 fully saturated rings. The number of carbonyl (C=O) groups is 1. The fourth-order valence-corrected chi connectivity index (χ4v) is 3.27. The van der Waals surface area contributed by atoms with Gasteiger partial charge in [0.15, 0.2) is 0 Å². The molecule has 0 unspecified atom stereocenters. The summed E-state index contributed by atoms with van der Waals surface area (Å²) in [6.07, 6.45) is 1.59. The van der Waals surface area contributed by atoms with Crippen LogP contribution >= 0.6 is 34.8 Å². The Morgan fingerprint density at radius 1 is 1.04 bits per heavy atom. The second-order valence-electron chi connectivity index (χ2n) is 5.70. The largest absolute Gasteiger partial charge is 0.323 e. The quantitative estimate of drug-likeness (QED) is 0.557. The van der Waals surface area contributed by atoms with E-state index in [2.05, 4.69) is 15.7 Å². The van der Waals surface area contributed by atoms with Crippen molar-refractivity contribution in [2.45, 2.75) is 6.92 Å². The van der Waals surface area contributed by atoms with Gasteiger partial charge in [-0.15, -0.1) is 0 Å². The summed E-state index contributed by atoms with van der Waals surface area (Å²) >= 11 is 18.2. The first-order chi connectivity index (χ1) is 12.3. The molecule has 3 aromatic rings. The lowest BCUT2D eigenvalue weighted by Gasteiger charge is -2.12. The summed E-state index contributed by atoms with van der Waals surface area (Å²) in [5.74, 6) is 0. The molecule has 1 aromatic heterocycles. The number of aromatic nitrogens is 2. The molecule has 2 aromatic carbocycles. The van der Waals surface area contributed by atoms with Gasteiger partial charge in [0, 0.05) is 23.3 Å². The van der Waals surface area contributed by atoms with E-state index in [4.69, 9.17) is 34.8 Å². The third-order valence-corrected chi connectivity index (χ3v) is 4.65. The van der Waals surface area contributed by atoms with E-state index < -0.39 is 6.03 Å². The minimum atomic E-state index is -0.417. The standard InChI is InChI=1S/C18H15Cl3N4O/c1-10-3-5-12(8-13(10)17-15(21)9-22-25(17)2)23-18(26)24-16-6-4-11(19)7-14(16)20/h3-9H,1-2H3,(H2,23,24,26). The van der Waals surface area contributed by atoms with Gasteiger partial charge in [-0.25, -0.2) is 4.79 Å².